The SMILES string of the molecule is COC(=O)[C@@H](C)N(C(=O)COc1ccc(Cl)cc1)[C@@H]1CCS(=O)(=O)C1. The zero-order chi connectivity index (χ0) is 18.6. The van der Waals surface area contributed by atoms with Gasteiger partial charge in [0.1, 0.15) is 11.8 Å². The molecule has 0 bridgehead atoms. The van der Waals surface area contributed by atoms with Crippen molar-refractivity contribution in [3.05, 3.63) is 29.3 Å². The molecule has 138 valence electrons. The maximum absolute atomic E-state index is 12.6. The third-order valence-electron chi connectivity index (χ3n) is 4.03. The van der Waals surface area contributed by atoms with E-state index in [1.807, 2.05) is 0 Å². The Hall–Kier alpha value is -1.80. The second-order valence-electron chi connectivity index (χ2n) is 5.80. The van der Waals surface area contributed by atoms with Crippen LogP contribution in [0.5, 0.6) is 5.75 Å². The van der Waals surface area contributed by atoms with Gasteiger partial charge in [-0.3, -0.25) is 4.79 Å². The molecular formula is C16H20ClNO6S. The number of rotatable bonds is 6. The van der Waals surface area contributed by atoms with Gasteiger partial charge in [0, 0.05) is 11.1 Å². The lowest BCUT2D eigenvalue weighted by molar-refractivity contribution is -0.154. The zero-order valence-corrected chi connectivity index (χ0v) is 15.5. The highest BCUT2D eigenvalue weighted by atomic mass is 35.5. The van der Waals surface area contributed by atoms with Gasteiger partial charge in [-0.15, -0.1) is 0 Å². The van der Waals surface area contributed by atoms with Crippen molar-refractivity contribution < 1.29 is 27.5 Å². The smallest absolute Gasteiger partial charge is 0.328 e. The van der Waals surface area contributed by atoms with Crippen LogP contribution in [0, 0.1) is 0 Å². The minimum atomic E-state index is -3.21. The number of carbonyl (C=O) groups excluding carboxylic acids is 2. The van der Waals surface area contributed by atoms with Gasteiger partial charge in [-0.05, 0) is 37.6 Å². The Labute approximate surface area is 151 Å². The van der Waals surface area contributed by atoms with E-state index in [1.54, 1.807) is 24.3 Å². The van der Waals surface area contributed by atoms with E-state index in [4.69, 9.17) is 21.1 Å². The first-order valence-electron chi connectivity index (χ1n) is 7.71. The van der Waals surface area contributed by atoms with E-state index in [0.717, 1.165) is 0 Å². The molecule has 0 N–H and O–H groups in total. The topological polar surface area (TPSA) is 90.0 Å². The lowest BCUT2D eigenvalue weighted by Crippen LogP contribution is -2.51. The molecule has 0 unspecified atom stereocenters. The Morgan fingerprint density at radius 3 is 2.48 bits per heavy atom. The van der Waals surface area contributed by atoms with Crippen molar-refractivity contribution in [3.8, 4) is 5.75 Å². The molecule has 1 heterocycles. The average Bonchev–Trinajstić information content (AvgIpc) is 2.93. The summed E-state index contributed by atoms with van der Waals surface area (Å²) in [6, 6.07) is 5.01. The van der Waals surface area contributed by atoms with E-state index in [2.05, 4.69) is 0 Å². The van der Waals surface area contributed by atoms with E-state index in [1.165, 1.54) is 18.9 Å². The minimum Gasteiger partial charge on any atom is -0.484 e. The average molecular weight is 390 g/mol. The molecule has 0 radical (unpaired) electrons. The second kappa shape index (κ2) is 8.05. The lowest BCUT2D eigenvalue weighted by Gasteiger charge is -2.32. The van der Waals surface area contributed by atoms with Gasteiger partial charge in [-0.1, -0.05) is 11.6 Å². The molecule has 0 aliphatic carbocycles. The van der Waals surface area contributed by atoms with Gasteiger partial charge in [0.2, 0.25) is 0 Å². The summed E-state index contributed by atoms with van der Waals surface area (Å²) >= 11 is 5.79. The Morgan fingerprint density at radius 2 is 1.96 bits per heavy atom. The zero-order valence-electron chi connectivity index (χ0n) is 14.0. The van der Waals surface area contributed by atoms with Crippen LogP contribution in [0.4, 0.5) is 0 Å². The largest absolute Gasteiger partial charge is 0.484 e. The van der Waals surface area contributed by atoms with Crippen molar-refractivity contribution in [2.24, 2.45) is 0 Å². The molecule has 1 aliphatic rings. The molecular weight excluding hydrogens is 370 g/mol. The van der Waals surface area contributed by atoms with E-state index in [9.17, 15) is 18.0 Å². The summed E-state index contributed by atoms with van der Waals surface area (Å²) in [5.41, 5.74) is 0. The van der Waals surface area contributed by atoms with Gasteiger partial charge in [0.25, 0.3) is 5.91 Å². The van der Waals surface area contributed by atoms with Gasteiger partial charge in [0.15, 0.2) is 16.4 Å². The van der Waals surface area contributed by atoms with Crippen molar-refractivity contribution >= 4 is 33.3 Å². The summed E-state index contributed by atoms with van der Waals surface area (Å²) in [4.78, 5) is 25.7. The van der Waals surface area contributed by atoms with Crippen molar-refractivity contribution in [3.63, 3.8) is 0 Å². The third-order valence-corrected chi connectivity index (χ3v) is 6.03. The van der Waals surface area contributed by atoms with Crippen LogP contribution in [0.25, 0.3) is 0 Å². The molecule has 2 atom stereocenters. The molecule has 0 aromatic heterocycles. The van der Waals surface area contributed by atoms with E-state index in [0.29, 0.717) is 10.8 Å². The first-order chi connectivity index (χ1) is 11.7. The van der Waals surface area contributed by atoms with Crippen molar-refractivity contribution in [1.82, 2.24) is 4.90 Å². The standard InChI is InChI=1S/C16H20ClNO6S/c1-11(16(20)23-2)18(13-7-8-25(21,22)10-13)15(19)9-24-14-5-3-12(17)4-6-14/h3-6,11,13H,7-10H2,1-2H3/t11-,13-/m1/s1. The molecule has 1 fully saturated rings. The van der Waals surface area contributed by atoms with E-state index in [-0.39, 0.29) is 24.5 Å². The summed E-state index contributed by atoms with van der Waals surface area (Å²) in [6.07, 6.45) is 0.288. The summed E-state index contributed by atoms with van der Waals surface area (Å²) in [7, 11) is -1.99. The van der Waals surface area contributed by atoms with Gasteiger partial charge >= 0.3 is 5.97 Å². The van der Waals surface area contributed by atoms with Crippen molar-refractivity contribution in [1.29, 1.82) is 0 Å². The molecule has 1 aromatic carbocycles. The first-order valence-corrected chi connectivity index (χ1v) is 9.91. The van der Waals surface area contributed by atoms with Crippen LogP contribution in [0.3, 0.4) is 0 Å². The fraction of sp³-hybridized carbons (Fsp3) is 0.500. The van der Waals surface area contributed by atoms with Crippen LogP contribution in [-0.2, 0) is 24.2 Å². The molecule has 9 heteroatoms. The first kappa shape index (κ1) is 19.5. The number of halogens is 1. The number of hydrogen-bond donors (Lipinski definition) is 0. The Balaban J connectivity index is 2.12. The normalized spacial score (nSPS) is 19.9. The molecule has 1 aromatic rings. The summed E-state index contributed by atoms with van der Waals surface area (Å²) in [5.74, 6) is -0.810. The number of sulfone groups is 1. The molecule has 25 heavy (non-hydrogen) atoms. The summed E-state index contributed by atoms with van der Waals surface area (Å²) in [6.45, 7) is 1.19. The van der Waals surface area contributed by atoms with E-state index >= 15 is 0 Å². The number of methoxy groups -OCH3 is 1. The number of hydrogen-bond acceptors (Lipinski definition) is 6. The quantitative estimate of drug-likeness (QED) is 0.681. The van der Waals surface area contributed by atoms with Gasteiger partial charge in [-0.25, -0.2) is 13.2 Å². The number of carbonyl (C=O) groups is 2. The number of amides is 1. The highest BCUT2D eigenvalue weighted by Crippen LogP contribution is 2.22. The predicted octanol–water partition coefficient (Wildman–Crippen LogP) is 1.30. The molecule has 1 aliphatic heterocycles. The number of esters is 1. The van der Waals surface area contributed by atoms with Crippen LogP contribution < -0.4 is 4.74 Å². The fourth-order valence-electron chi connectivity index (χ4n) is 2.77. The summed E-state index contributed by atoms with van der Waals surface area (Å²) in [5, 5.41) is 0.538. The van der Waals surface area contributed by atoms with Crippen LogP contribution in [0.1, 0.15) is 13.3 Å². The van der Waals surface area contributed by atoms with Crippen LogP contribution in [-0.4, -0.2) is 62.5 Å². The van der Waals surface area contributed by atoms with Crippen LogP contribution in [0.2, 0.25) is 5.02 Å². The molecule has 7 nitrogen and oxygen atoms in total. The van der Waals surface area contributed by atoms with Crippen molar-refractivity contribution in [2.45, 2.75) is 25.4 Å². The highest BCUT2D eigenvalue weighted by molar-refractivity contribution is 7.91. The third kappa shape index (κ3) is 5.09. The maximum Gasteiger partial charge on any atom is 0.328 e. The fourth-order valence-corrected chi connectivity index (χ4v) is 4.60. The summed E-state index contributed by atoms with van der Waals surface area (Å²) < 4.78 is 33.6. The minimum absolute atomic E-state index is 0.00657. The Kier molecular flexibility index (Phi) is 6.29. The van der Waals surface area contributed by atoms with Crippen LogP contribution >= 0.6 is 11.6 Å². The van der Waals surface area contributed by atoms with Gasteiger partial charge in [-0.2, -0.15) is 0 Å². The highest BCUT2D eigenvalue weighted by Gasteiger charge is 2.39. The Morgan fingerprint density at radius 1 is 1.32 bits per heavy atom. The number of ether oxygens (including phenoxy) is 2. The number of benzene rings is 1. The van der Waals surface area contributed by atoms with Gasteiger partial charge < -0.3 is 14.4 Å². The predicted molar refractivity (Wildman–Crippen MR) is 92.3 cm³/mol. The second-order valence-corrected chi connectivity index (χ2v) is 8.46. The number of nitrogens with zero attached hydrogens (tertiary/aromatic N) is 1. The molecule has 2 rings (SSSR count). The molecule has 0 saturated carbocycles. The van der Waals surface area contributed by atoms with Crippen molar-refractivity contribution in [2.75, 3.05) is 25.2 Å². The molecule has 1 saturated heterocycles. The Bertz CT molecular complexity index is 733. The monoisotopic (exact) mass is 389 g/mol. The lowest BCUT2D eigenvalue weighted by atomic mass is 10.1. The molecule has 0 spiro atoms. The molecule has 1 amide bonds. The van der Waals surface area contributed by atoms with Gasteiger partial charge in [0.05, 0.1) is 18.6 Å². The van der Waals surface area contributed by atoms with Crippen LogP contribution in [0.15, 0.2) is 24.3 Å². The maximum atomic E-state index is 12.6. The van der Waals surface area contributed by atoms with E-state index < -0.39 is 33.8 Å².